The van der Waals surface area contributed by atoms with Crippen LogP contribution in [-0.2, 0) is 13.1 Å². The molecule has 0 saturated carbocycles. The molecule has 0 aliphatic rings. The maximum atomic E-state index is 12.9. The van der Waals surface area contributed by atoms with Crippen molar-refractivity contribution in [2.24, 2.45) is 0 Å². The van der Waals surface area contributed by atoms with Gasteiger partial charge in [0, 0.05) is 17.7 Å². The molecule has 0 bridgehead atoms. The van der Waals surface area contributed by atoms with Gasteiger partial charge >= 0.3 is 0 Å². The molecule has 0 radical (unpaired) electrons. The molecule has 6 nitrogen and oxygen atoms in total. The van der Waals surface area contributed by atoms with Crippen molar-refractivity contribution >= 4 is 5.91 Å². The maximum absolute atomic E-state index is 12.9. The molecule has 6 heteroatoms. The lowest BCUT2D eigenvalue weighted by atomic mass is 9.95. The Morgan fingerprint density at radius 1 is 0.933 bits per heavy atom. The molecule has 1 N–H and O–H groups in total. The van der Waals surface area contributed by atoms with Crippen molar-refractivity contribution in [2.75, 3.05) is 0 Å². The summed E-state index contributed by atoms with van der Waals surface area (Å²) in [4.78, 5) is 16.8. The quantitative estimate of drug-likeness (QED) is 0.540. The summed E-state index contributed by atoms with van der Waals surface area (Å²) in [6.07, 6.45) is 3.19. The Bertz CT molecular complexity index is 1190. The van der Waals surface area contributed by atoms with Crippen molar-refractivity contribution in [2.45, 2.75) is 13.1 Å². The molecule has 30 heavy (non-hydrogen) atoms. The average molecular weight is 393 g/mol. The van der Waals surface area contributed by atoms with Gasteiger partial charge in [0.05, 0.1) is 18.2 Å². The molecule has 1 heterocycles. The second-order valence-corrected chi connectivity index (χ2v) is 6.80. The topological polar surface area (TPSA) is 83.6 Å². The summed E-state index contributed by atoms with van der Waals surface area (Å²) in [6, 6.07) is 24.8. The minimum Gasteiger partial charge on any atom is -0.348 e. The molecule has 146 valence electrons. The van der Waals surface area contributed by atoms with Gasteiger partial charge in [-0.3, -0.25) is 4.79 Å². The first kappa shape index (κ1) is 19.1. The van der Waals surface area contributed by atoms with E-state index in [2.05, 4.69) is 21.5 Å². The summed E-state index contributed by atoms with van der Waals surface area (Å²) in [5.74, 6) is -0.176. The Balaban J connectivity index is 1.47. The first-order valence-corrected chi connectivity index (χ1v) is 9.51. The lowest BCUT2D eigenvalue weighted by Crippen LogP contribution is -2.23. The zero-order valence-electron chi connectivity index (χ0n) is 16.2. The minimum atomic E-state index is -0.176. The standard InChI is InChI=1S/C24H19N5O/c25-13-20-5-1-2-6-21(20)22-7-3-4-8-23(22)24(30)27-14-18-9-11-19(12-10-18)15-29-17-26-16-28-29/h1-12,16-17H,14-15H2,(H,27,30). The van der Waals surface area contributed by atoms with Crippen LogP contribution in [0, 0.1) is 11.3 Å². The Labute approximate surface area is 174 Å². The van der Waals surface area contributed by atoms with Crippen molar-refractivity contribution in [3.63, 3.8) is 0 Å². The van der Waals surface area contributed by atoms with Crippen molar-refractivity contribution in [1.82, 2.24) is 20.1 Å². The van der Waals surface area contributed by atoms with Crippen LogP contribution < -0.4 is 5.32 Å². The summed E-state index contributed by atoms with van der Waals surface area (Å²) in [5, 5.41) is 16.5. The monoisotopic (exact) mass is 393 g/mol. The molecule has 4 rings (SSSR count). The van der Waals surface area contributed by atoms with Gasteiger partial charge in [0.25, 0.3) is 5.91 Å². The predicted octanol–water partition coefficient (Wildman–Crippen LogP) is 3.80. The van der Waals surface area contributed by atoms with Crippen molar-refractivity contribution < 1.29 is 4.79 Å². The van der Waals surface area contributed by atoms with Gasteiger partial charge in [0.2, 0.25) is 0 Å². The van der Waals surface area contributed by atoms with Crippen LogP contribution in [0.4, 0.5) is 0 Å². The third kappa shape index (κ3) is 4.26. The van der Waals surface area contributed by atoms with E-state index in [9.17, 15) is 10.1 Å². The van der Waals surface area contributed by atoms with Crippen LogP contribution in [0.1, 0.15) is 27.0 Å². The lowest BCUT2D eigenvalue weighted by molar-refractivity contribution is 0.0951. The van der Waals surface area contributed by atoms with Crippen molar-refractivity contribution in [3.05, 3.63) is 108 Å². The summed E-state index contributed by atoms with van der Waals surface area (Å²) in [7, 11) is 0. The molecule has 0 spiro atoms. The number of rotatable bonds is 6. The summed E-state index contributed by atoms with van der Waals surface area (Å²) in [5.41, 5.74) is 4.69. The zero-order chi connectivity index (χ0) is 20.8. The van der Waals surface area contributed by atoms with Crippen LogP contribution in [0.2, 0.25) is 0 Å². The first-order valence-electron chi connectivity index (χ1n) is 9.51. The fourth-order valence-corrected chi connectivity index (χ4v) is 3.27. The normalized spacial score (nSPS) is 10.4. The van der Waals surface area contributed by atoms with Gasteiger partial charge < -0.3 is 5.32 Å². The fraction of sp³-hybridized carbons (Fsp3) is 0.0833. The number of nitrogens with one attached hydrogen (secondary N) is 1. The number of nitriles is 1. The van der Waals surface area contributed by atoms with Gasteiger partial charge in [-0.05, 0) is 28.8 Å². The van der Waals surface area contributed by atoms with Gasteiger partial charge in [-0.15, -0.1) is 0 Å². The summed E-state index contributed by atoms with van der Waals surface area (Å²) in [6.45, 7) is 1.06. The molecule has 0 atom stereocenters. The zero-order valence-corrected chi connectivity index (χ0v) is 16.2. The van der Waals surface area contributed by atoms with E-state index in [1.165, 1.54) is 6.33 Å². The van der Waals surface area contributed by atoms with Gasteiger partial charge in [0.1, 0.15) is 12.7 Å². The number of benzene rings is 3. The number of carbonyl (C=O) groups is 1. The number of aromatic nitrogens is 3. The highest BCUT2D eigenvalue weighted by molar-refractivity contribution is 6.01. The Morgan fingerprint density at radius 3 is 2.37 bits per heavy atom. The van der Waals surface area contributed by atoms with E-state index in [0.717, 1.165) is 22.3 Å². The van der Waals surface area contributed by atoms with Gasteiger partial charge in [-0.1, -0.05) is 60.7 Å². The third-order valence-electron chi connectivity index (χ3n) is 4.80. The molecule has 0 saturated heterocycles. The largest absolute Gasteiger partial charge is 0.348 e. The second kappa shape index (κ2) is 8.84. The van der Waals surface area contributed by atoms with E-state index in [0.29, 0.717) is 24.2 Å². The van der Waals surface area contributed by atoms with Crippen LogP contribution in [-0.4, -0.2) is 20.7 Å². The minimum absolute atomic E-state index is 0.176. The summed E-state index contributed by atoms with van der Waals surface area (Å²) < 4.78 is 1.76. The van der Waals surface area contributed by atoms with E-state index in [4.69, 9.17) is 0 Å². The highest BCUT2D eigenvalue weighted by Crippen LogP contribution is 2.26. The highest BCUT2D eigenvalue weighted by atomic mass is 16.1. The molecular formula is C24H19N5O. The van der Waals surface area contributed by atoms with E-state index in [-0.39, 0.29) is 5.91 Å². The third-order valence-corrected chi connectivity index (χ3v) is 4.80. The van der Waals surface area contributed by atoms with Gasteiger partial charge in [-0.2, -0.15) is 10.4 Å². The smallest absolute Gasteiger partial charge is 0.252 e. The Hall–Kier alpha value is -4.24. The van der Waals surface area contributed by atoms with Crippen LogP contribution in [0.25, 0.3) is 11.1 Å². The molecule has 1 amide bonds. The number of carbonyl (C=O) groups excluding carboxylic acids is 1. The SMILES string of the molecule is N#Cc1ccccc1-c1ccccc1C(=O)NCc1ccc(Cn2cncn2)cc1. The van der Waals surface area contributed by atoms with Crippen LogP contribution in [0.5, 0.6) is 0 Å². The lowest BCUT2D eigenvalue weighted by Gasteiger charge is -2.12. The Kier molecular flexibility index (Phi) is 5.63. The molecule has 0 aliphatic heterocycles. The number of amides is 1. The van der Waals surface area contributed by atoms with Crippen molar-refractivity contribution in [1.29, 1.82) is 5.26 Å². The van der Waals surface area contributed by atoms with Gasteiger partial charge in [-0.25, -0.2) is 9.67 Å². The first-order chi connectivity index (χ1) is 14.7. The average Bonchev–Trinajstić information content (AvgIpc) is 3.31. The van der Waals surface area contributed by atoms with Gasteiger partial charge in [0.15, 0.2) is 0 Å². The van der Waals surface area contributed by atoms with E-state index in [1.54, 1.807) is 23.1 Å². The number of hydrogen-bond acceptors (Lipinski definition) is 4. The molecule has 0 fully saturated rings. The predicted molar refractivity (Wildman–Crippen MR) is 113 cm³/mol. The van der Waals surface area contributed by atoms with Crippen LogP contribution in [0.3, 0.4) is 0 Å². The molecule has 3 aromatic carbocycles. The van der Waals surface area contributed by atoms with E-state index < -0.39 is 0 Å². The van der Waals surface area contributed by atoms with E-state index in [1.807, 2.05) is 60.7 Å². The molecular weight excluding hydrogens is 374 g/mol. The molecule has 0 aliphatic carbocycles. The van der Waals surface area contributed by atoms with E-state index >= 15 is 0 Å². The highest BCUT2D eigenvalue weighted by Gasteiger charge is 2.14. The number of nitrogens with zero attached hydrogens (tertiary/aromatic N) is 4. The fourth-order valence-electron chi connectivity index (χ4n) is 3.27. The number of hydrogen-bond donors (Lipinski definition) is 1. The summed E-state index contributed by atoms with van der Waals surface area (Å²) >= 11 is 0. The molecule has 0 unspecified atom stereocenters. The molecule has 1 aromatic heterocycles. The van der Waals surface area contributed by atoms with Crippen molar-refractivity contribution in [3.8, 4) is 17.2 Å². The maximum Gasteiger partial charge on any atom is 0.252 e. The molecule has 4 aromatic rings. The van der Waals surface area contributed by atoms with Crippen LogP contribution >= 0.6 is 0 Å². The van der Waals surface area contributed by atoms with Crippen LogP contribution in [0.15, 0.2) is 85.5 Å². The second-order valence-electron chi connectivity index (χ2n) is 6.80. The Morgan fingerprint density at radius 2 is 1.63 bits per heavy atom.